The summed E-state index contributed by atoms with van der Waals surface area (Å²) in [6, 6.07) is 1.46. The summed E-state index contributed by atoms with van der Waals surface area (Å²) in [7, 11) is 0. The predicted molar refractivity (Wildman–Crippen MR) is 54.4 cm³/mol. The molecule has 0 radical (unpaired) electrons. The van der Waals surface area contributed by atoms with Crippen LogP contribution in [0.1, 0.15) is 12.6 Å². The fraction of sp³-hybridized carbons (Fsp3) is 0.333. The molecule has 1 aliphatic heterocycles. The average Bonchev–Trinajstić information content (AvgIpc) is 2.59. The molecule has 2 rings (SSSR count). The second kappa shape index (κ2) is 3.86. The second-order valence-electron chi connectivity index (χ2n) is 3.35. The summed E-state index contributed by atoms with van der Waals surface area (Å²) in [5, 5.41) is 18.2. The second-order valence-corrected chi connectivity index (χ2v) is 3.35. The molecular weight excluding hydrogens is 214 g/mol. The fourth-order valence-electron chi connectivity index (χ4n) is 1.48. The lowest BCUT2D eigenvalue weighted by Gasteiger charge is -2.13. The summed E-state index contributed by atoms with van der Waals surface area (Å²) < 4.78 is 6.39. The molecule has 16 heavy (non-hydrogen) atoms. The van der Waals surface area contributed by atoms with Gasteiger partial charge in [0.2, 0.25) is 0 Å². The van der Waals surface area contributed by atoms with Gasteiger partial charge in [-0.2, -0.15) is 4.98 Å². The standard InChI is InChI=1S/C9H11N3O4/c10-7-1-2-12(9(15)11-7)8-3-5(14)6(4-13)16-8/h1-2,8,13-14H,3-4H2,(H2,10,11,15)/t8-/m1/s1. The summed E-state index contributed by atoms with van der Waals surface area (Å²) in [6.45, 7) is -0.403. The van der Waals surface area contributed by atoms with Crippen molar-refractivity contribution in [1.29, 1.82) is 0 Å². The van der Waals surface area contributed by atoms with Crippen molar-refractivity contribution in [3.05, 3.63) is 34.3 Å². The van der Waals surface area contributed by atoms with Crippen molar-refractivity contribution in [3.63, 3.8) is 0 Å². The molecule has 7 heteroatoms. The van der Waals surface area contributed by atoms with Gasteiger partial charge in [0.15, 0.2) is 12.0 Å². The highest BCUT2D eigenvalue weighted by Crippen LogP contribution is 2.29. The minimum atomic E-state index is -0.678. The summed E-state index contributed by atoms with van der Waals surface area (Å²) in [4.78, 5) is 15.0. The van der Waals surface area contributed by atoms with Gasteiger partial charge in [-0.1, -0.05) is 0 Å². The summed E-state index contributed by atoms with van der Waals surface area (Å²) >= 11 is 0. The maximum atomic E-state index is 11.5. The van der Waals surface area contributed by atoms with E-state index in [2.05, 4.69) is 4.98 Å². The largest absolute Gasteiger partial charge is 0.508 e. The first-order valence-corrected chi connectivity index (χ1v) is 4.65. The minimum Gasteiger partial charge on any atom is -0.508 e. The van der Waals surface area contributed by atoms with E-state index in [1.807, 2.05) is 0 Å². The summed E-state index contributed by atoms with van der Waals surface area (Å²) in [6.07, 6.45) is 0.882. The normalized spacial score (nSPS) is 19.9. The molecule has 0 saturated heterocycles. The lowest BCUT2D eigenvalue weighted by atomic mass is 10.3. The molecule has 4 N–H and O–H groups in total. The van der Waals surface area contributed by atoms with Gasteiger partial charge in [0.05, 0.1) is 6.42 Å². The molecule has 7 nitrogen and oxygen atoms in total. The zero-order chi connectivity index (χ0) is 11.7. The first kappa shape index (κ1) is 10.5. The molecule has 0 fully saturated rings. The number of aliphatic hydroxyl groups excluding tert-OH is 2. The zero-order valence-electron chi connectivity index (χ0n) is 8.33. The van der Waals surface area contributed by atoms with Crippen LogP contribution in [0.25, 0.3) is 0 Å². The van der Waals surface area contributed by atoms with Gasteiger partial charge < -0.3 is 20.7 Å². The van der Waals surface area contributed by atoms with Crippen LogP contribution in [0.2, 0.25) is 0 Å². The van der Waals surface area contributed by atoms with E-state index in [0.29, 0.717) is 0 Å². The third-order valence-electron chi connectivity index (χ3n) is 2.27. The van der Waals surface area contributed by atoms with E-state index in [-0.39, 0.29) is 23.8 Å². The Hall–Kier alpha value is -2.02. The van der Waals surface area contributed by atoms with Crippen LogP contribution in [0.15, 0.2) is 28.6 Å². The van der Waals surface area contributed by atoms with Crippen molar-refractivity contribution < 1.29 is 14.9 Å². The Balaban J connectivity index is 2.26. The highest BCUT2D eigenvalue weighted by atomic mass is 16.5. The summed E-state index contributed by atoms with van der Waals surface area (Å²) in [5.74, 6) is 0.142. The van der Waals surface area contributed by atoms with Crippen LogP contribution in [0.3, 0.4) is 0 Å². The third-order valence-corrected chi connectivity index (χ3v) is 2.27. The first-order chi connectivity index (χ1) is 7.61. The van der Waals surface area contributed by atoms with Gasteiger partial charge in [-0.3, -0.25) is 4.57 Å². The number of nitrogens with zero attached hydrogens (tertiary/aromatic N) is 2. The van der Waals surface area contributed by atoms with Crippen molar-refractivity contribution in [2.75, 3.05) is 12.3 Å². The topological polar surface area (TPSA) is 111 Å². The molecular formula is C9H11N3O4. The predicted octanol–water partition coefficient (Wildman–Crippen LogP) is -0.494. The van der Waals surface area contributed by atoms with Gasteiger partial charge >= 0.3 is 5.69 Å². The number of ether oxygens (including phenoxy) is 1. The third kappa shape index (κ3) is 1.72. The number of hydrogen-bond donors (Lipinski definition) is 3. The highest BCUT2D eigenvalue weighted by Gasteiger charge is 2.27. The van der Waals surface area contributed by atoms with E-state index < -0.39 is 18.5 Å². The van der Waals surface area contributed by atoms with E-state index in [9.17, 15) is 9.90 Å². The van der Waals surface area contributed by atoms with Crippen molar-refractivity contribution in [2.45, 2.75) is 12.6 Å². The van der Waals surface area contributed by atoms with E-state index in [1.165, 1.54) is 16.8 Å². The molecule has 1 aliphatic rings. The van der Waals surface area contributed by atoms with Crippen LogP contribution in [-0.2, 0) is 4.74 Å². The number of aromatic nitrogens is 2. The van der Waals surface area contributed by atoms with Crippen LogP contribution in [0.5, 0.6) is 0 Å². The van der Waals surface area contributed by atoms with Crippen molar-refractivity contribution in [1.82, 2.24) is 9.55 Å². The lowest BCUT2D eigenvalue weighted by Crippen LogP contribution is -2.27. The molecule has 0 amide bonds. The fourth-order valence-corrected chi connectivity index (χ4v) is 1.48. The molecule has 0 aromatic carbocycles. The van der Waals surface area contributed by atoms with Crippen LogP contribution >= 0.6 is 0 Å². The van der Waals surface area contributed by atoms with E-state index in [0.717, 1.165) is 0 Å². The molecule has 1 aromatic rings. The molecule has 86 valence electrons. The Morgan fingerprint density at radius 3 is 3.00 bits per heavy atom. The van der Waals surface area contributed by atoms with Gasteiger partial charge in [-0.05, 0) is 6.07 Å². The van der Waals surface area contributed by atoms with E-state index in [1.54, 1.807) is 0 Å². The van der Waals surface area contributed by atoms with E-state index in [4.69, 9.17) is 15.6 Å². The molecule has 1 aromatic heterocycles. The maximum absolute atomic E-state index is 11.5. The molecule has 0 bridgehead atoms. The van der Waals surface area contributed by atoms with Crippen molar-refractivity contribution in [2.24, 2.45) is 0 Å². The van der Waals surface area contributed by atoms with E-state index >= 15 is 0 Å². The molecule has 0 unspecified atom stereocenters. The Morgan fingerprint density at radius 2 is 2.44 bits per heavy atom. The number of nitrogens with two attached hydrogens (primary N) is 1. The summed E-state index contributed by atoms with van der Waals surface area (Å²) in [5.41, 5.74) is 4.78. The van der Waals surface area contributed by atoms with Gasteiger partial charge in [0.25, 0.3) is 0 Å². The lowest BCUT2D eigenvalue weighted by molar-refractivity contribution is 0.0593. The Bertz CT molecular complexity index is 494. The minimum absolute atomic E-state index is 0.0591. The Labute approximate surface area is 90.4 Å². The zero-order valence-corrected chi connectivity index (χ0v) is 8.33. The molecule has 0 aliphatic carbocycles. The van der Waals surface area contributed by atoms with Crippen LogP contribution in [-0.4, -0.2) is 26.4 Å². The van der Waals surface area contributed by atoms with Gasteiger partial charge in [0, 0.05) is 6.20 Å². The van der Waals surface area contributed by atoms with Gasteiger partial charge in [-0.25, -0.2) is 4.79 Å². The average molecular weight is 225 g/mol. The smallest absolute Gasteiger partial charge is 0.352 e. The van der Waals surface area contributed by atoms with Crippen LogP contribution in [0.4, 0.5) is 5.82 Å². The molecule has 0 spiro atoms. The van der Waals surface area contributed by atoms with Crippen LogP contribution < -0.4 is 11.4 Å². The first-order valence-electron chi connectivity index (χ1n) is 4.65. The number of hydrogen-bond acceptors (Lipinski definition) is 6. The number of aliphatic hydroxyl groups is 2. The van der Waals surface area contributed by atoms with Gasteiger partial charge in [0.1, 0.15) is 18.2 Å². The molecule has 0 saturated carbocycles. The van der Waals surface area contributed by atoms with Gasteiger partial charge in [-0.15, -0.1) is 0 Å². The number of nitrogen functional groups attached to an aromatic ring is 1. The van der Waals surface area contributed by atoms with Crippen molar-refractivity contribution >= 4 is 5.82 Å². The Morgan fingerprint density at radius 1 is 1.69 bits per heavy atom. The number of rotatable bonds is 2. The monoisotopic (exact) mass is 225 g/mol. The maximum Gasteiger partial charge on any atom is 0.352 e. The highest BCUT2D eigenvalue weighted by molar-refractivity contribution is 5.23. The Kier molecular flexibility index (Phi) is 2.53. The number of anilines is 1. The molecule has 1 atom stereocenters. The molecule has 2 heterocycles. The quantitative estimate of drug-likeness (QED) is 0.626. The van der Waals surface area contributed by atoms with Crippen molar-refractivity contribution in [3.8, 4) is 0 Å². The SMILES string of the molecule is Nc1ccn([C@H]2CC(O)=C(CO)O2)c(=O)n1. The van der Waals surface area contributed by atoms with Crippen LogP contribution in [0, 0.1) is 0 Å².